The summed E-state index contributed by atoms with van der Waals surface area (Å²) in [5, 5.41) is 0. The van der Waals surface area contributed by atoms with Gasteiger partial charge in [0.1, 0.15) is 11.4 Å². The first-order valence-corrected chi connectivity index (χ1v) is 7.99. The highest BCUT2D eigenvalue weighted by Gasteiger charge is 2.20. The van der Waals surface area contributed by atoms with Gasteiger partial charge >= 0.3 is 0 Å². The molecule has 25 heavy (non-hydrogen) atoms. The largest absolute Gasteiger partial charge is 0.496 e. The maximum Gasteiger partial charge on any atom is 0.196 e. The van der Waals surface area contributed by atoms with Crippen molar-refractivity contribution in [2.75, 3.05) is 7.11 Å². The molecular formula is C20H19FN2O2. The highest BCUT2D eigenvalue weighted by Crippen LogP contribution is 2.26. The second kappa shape index (κ2) is 6.59. The van der Waals surface area contributed by atoms with E-state index in [0.29, 0.717) is 22.4 Å². The predicted octanol–water partition coefficient (Wildman–Crippen LogP) is 4.16. The molecular weight excluding hydrogens is 319 g/mol. The van der Waals surface area contributed by atoms with Crippen LogP contribution in [-0.4, -0.2) is 28.5 Å². The highest BCUT2D eigenvalue weighted by molar-refractivity contribution is 6.12. The first-order valence-electron chi connectivity index (χ1n) is 7.99. The first-order chi connectivity index (χ1) is 11.9. The molecule has 128 valence electrons. The van der Waals surface area contributed by atoms with E-state index in [-0.39, 0.29) is 12.2 Å². The number of benzene rings is 2. The normalized spacial score (nSPS) is 11.5. The zero-order chi connectivity index (χ0) is 18.0. The fourth-order valence-electron chi connectivity index (χ4n) is 2.79. The zero-order valence-electron chi connectivity index (χ0n) is 14.4. The summed E-state index contributed by atoms with van der Waals surface area (Å²) in [6.45, 7) is 3.03. The lowest BCUT2D eigenvalue weighted by Gasteiger charge is -2.16. The maximum atomic E-state index is 14.0. The van der Waals surface area contributed by atoms with Crippen molar-refractivity contribution >= 4 is 16.8 Å². The van der Waals surface area contributed by atoms with Gasteiger partial charge in [-0.05, 0) is 49.7 Å². The Morgan fingerprint density at radius 1 is 1.08 bits per heavy atom. The number of carbonyl (C=O) groups is 1. The molecule has 3 aromatic rings. The molecule has 0 aliphatic rings. The molecule has 3 rings (SSSR count). The fourth-order valence-corrected chi connectivity index (χ4v) is 2.79. The Bertz CT molecular complexity index is 932. The summed E-state index contributed by atoms with van der Waals surface area (Å²) in [6.07, 6.45) is 3.41. The lowest BCUT2D eigenvalue weighted by Crippen LogP contribution is -2.16. The second-order valence-electron chi connectivity index (χ2n) is 6.52. The Kier molecular flexibility index (Phi) is 4.49. The summed E-state index contributed by atoms with van der Waals surface area (Å²) >= 11 is 0. The lowest BCUT2D eigenvalue weighted by atomic mass is 9.95. The monoisotopic (exact) mass is 338 g/mol. The van der Waals surface area contributed by atoms with Crippen LogP contribution in [0, 0.1) is 0 Å². The number of ether oxygens (including phenoxy) is 1. The molecule has 0 bridgehead atoms. The molecule has 2 aromatic carbocycles. The van der Waals surface area contributed by atoms with E-state index in [2.05, 4.69) is 9.97 Å². The number of carbonyl (C=O) groups excluding carboxylic acids is 1. The van der Waals surface area contributed by atoms with E-state index in [9.17, 15) is 9.18 Å². The number of alkyl halides is 1. The first kappa shape index (κ1) is 17.0. The molecule has 0 aliphatic carbocycles. The van der Waals surface area contributed by atoms with Crippen molar-refractivity contribution in [2.24, 2.45) is 0 Å². The number of rotatable bonds is 5. The van der Waals surface area contributed by atoms with Gasteiger partial charge in [-0.2, -0.15) is 0 Å². The molecule has 1 heterocycles. The van der Waals surface area contributed by atoms with E-state index in [1.165, 1.54) is 21.0 Å². The van der Waals surface area contributed by atoms with E-state index in [1.807, 2.05) is 0 Å². The van der Waals surface area contributed by atoms with E-state index in [0.717, 1.165) is 11.1 Å². The molecule has 0 fully saturated rings. The van der Waals surface area contributed by atoms with Gasteiger partial charge in [-0.1, -0.05) is 6.07 Å². The average molecular weight is 338 g/mol. The average Bonchev–Trinajstić information content (AvgIpc) is 2.59. The number of nitrogens with zero attached hydrogens (tertiary/aromatic N) is 2. The minimum Gasteiger partial charge on any atom is -0.496 e. The standard InChI is InChI=1S/C20H19FN2O2/c1-20(2,21)12-13-4-7-18(25-3)15(10-13)19(24)14-5-6-16-17(11-14)23-9-8-22-16/h4-11H,12H2,1-3H3. The van der Waals surface area contributed by atoms with Crippen LogP contribution in [-0.2, 0) is 6.42 Å². The number of aromatic nitrogens is 2. The van der Waals surface area contributed by atoms with Crippen LogP contribution in [0.3, 0.4) is 0 Å². The number of hydrogen-bond donors (Lipinski definition) is 0. The Morgan fingerprint density at radius 3 is 2.48 bits per heavy atom. The number of fused-ring (bicyclic) bond motifs is 1. The predicted molar refractivity (Wildman–Crippen MR) is 94.9 cm³/mol. The molecule has 0 aliphatic heterocycles. The van der Waals surface area contributed by atoms with Crippen LogP contribution in [0.5, 0.6) is 5.75 Å². The van der Waals surface area contributed by atoms with Gasteiger partial charge in [-0.15, -0.1) is 0 Å². The third kappa shape index (κ3) is 3.82. The number of methoxy groups -OCH3 is 1. The van der Waals surface area contributed by atoms with E-state index >= 15 is 0 Å². The quantitative estimate of drug-likeness (QED) is 0.656. The van der Waals surface area contributed by atoms with Gasteiger partial charge in [0.25, 0.3) is 0 Å². The molecule has 4 nitrogen and oxygen atoms in total. The van der Waals surface area contributed by atoms with Crippen LogP contribution >= 0.6 is 0 Å². The Hall–Kier alpha value is -2.82. The van der Waals surface area contributed by atoms with Crippen molar-refractivity contribution in [3.8, 4) is 5.75 Å². The van der Waals surface area contributed by atoms with Crippen molar-refractivity contribution in [3.05, 3.63) is 65.5 Å². The van der Waals surface area contributed by atoms with Crippen LogP contribution in [0.4, 0.5) is 4.39 Å². The molecule has 0 amide bonds. The summed E-state index contributed by atoms with van der Waals surface area (Å²) in [5.74, 6) is 0.271. The Morgan fingerprint density at radius 2 is 1.80 bits per heavy atom. The van der Waals surface area contributed by atoms with E-state index in [4.69, 9.17) is 4.74 Å². The second-order valence-corrected chi connectivity index (χ2v) is 6.52. The van der Waals surface area contributed by atoms with Gasteiger partial charge in [0.05, 0.1) is 23.7 Å². The minimum absolute atomic E-state index is 0.192. The Balaban J connectivity index is 2.03. The van der Waals surface area contributed by atoms with E-state index < -0.39 is 5.67 Å². The number of halogens is 1. The number of ketones is 1. The Labute approximate surface area is 145 Å². The third-order valence-corrected chi connectivity index (χ3v) is 3.86. The van der Waals surface area contributed by atoms with Gasteiger partial charge in [0.15, 0.2) is 5.78 Å². The van der Waals surface area contributed by atoms with E-state index in [1.54, 1.807) is 48.8 Å². The van der Waals surface area contributed by atoms with Crippen LogP contribution < -0.4 is 4.74 Å². The van der Waals surface area contributed by atoms with Gasteiger partial charge in [0, 0.05) is 24.4 Å². The zero-order valence-corrected chi connectivity index (χ0v) is 14.4. The molecule has 0 radical (unpaired) electrons. The fraction of sp³-hybridized carbons (Fsp3) is 0.250. The molecule has 0 saturated carbocycles. The van der Waals surface area contributed by atoms with Crippen molar-refractivity contribution in [1.82, 2.24) is 9.97 Å². The van der Waals surface area contributed by atoms with Crippen LogP contribution in [0.1, 0.15) is 35.3 Å². The molecule has 1 aromatic heterocycles. The molecule has 5 heteroatoms. The van der Waals surface area contributed by atoms with Crippen LogP contribution in [0.25, 0.3) is 11.0 Å². The molecule has 0 atom stereocenters. The highest BCUT2D eigenvalue weighted by atomic mass is 19.1. The maximum absolute atomic E-state index is 14.0. The van der Waals surface area contributed by atoms with Crippen LogP contribution in [0.15, 0.2) is 48.8 Å². The summed E-state index contributed by atoms with van der Waals surface area (Å²) in [4.78, 5) is 21.4. The van der Waals surface area contributed by atoms with Crippen molar-refractivity contribution in [3.63, 3.8) is 0 Å². The van der Waals surface area contributed by atoms with Gasteiger partial charge < -0.3 is 4.74 Å². The molecule has 0 unspecified atom stereocenters. The van der Waals surface area contributed by atoms with Crippen LogP contribution in [0.2, 0.25) is 0 Å². The molecule has 0 N–H and O–H groups in total. The number of hydrogen-bond acceptors (Lipinski definition) is 4. The van der Waals surface area contributed by atoms with Gasteiger partial charge in [0.2, 0.25) is 0 Å². The third-order valence-electron chi connectivity index (χ3n) is 3.86. The summed E-state index contributed by atoms with van der Waals surface area (Å²) in [5.41, 5.74) is 1.66. The smallest absolute Gasteiger partial charge is 0.196 e. The van der Waals surface area contributed by atoms with Gasteiger partial charge in [-0.25, -0.2) is 4.39 Å². The molecule has 0 saturated heterocycles. The topological polar surface area (TPSA) is 52.1 Å². The molecule has 0 spiro atoms. The van der Waals surface area contributed by atoms with Gasteiger partial charge in [-0.3, -0.25) is 14.8 Å². The van der Waals surface area contributed by atoms with Crippen molar-refractivity contribution in [1.29, 1.82) is 0 Å². The lowest BCUT2D eigenvalue weighted by molar-refractivity contribution is 0.103. The minimum atomic E-state index is -1.35. The summed E-state index contributed by atoms with van der Waals surface area (Å²) < 4.78 is 19.3. The van der Waals surface area contributed by atoms with Crippen molar-refractivity contribution in [2.45, 2.75) is 25.9 Å². The summed E-state index contributed by atoms with van der Waals surface area (Å²) in [7, 11) is 1.51. The SMILES string of the molecule is COc1ccc(CC(C)(C)F)cc1C(=O)c1ccc2nccnc2c1. The summed E-state index contributed by atoms with van der Waals surface area (Å²) in [6, 6.07) is 10.4. The van der Waals surface area contributed by atoms with Crippen molar-refractivity contribution < 1.29 is 13.9 Å².